The van der Waals surface area contributed by atoms with Crippen LogP contribution in [0.5, 0.6) is 0 Å². The fraction of sp³-hybridized carbons (Fsp3) is 0.250. The number of nitrogens with zero attached hydrogens (tertiary/aromatic N) is 3. The summed E-state index contributed by atoms with van der Waals surface area (Å²) in [5.41, 5.74) is 1.99. The number of aliphatic imine (C=N–C) groups is 1. The summed E-state index contributed by atoms with van der Waals surface area (Å²) >= 11 is 0. The average molecular weight is 149 g/mol. The van der Waals surface area contributed by atoms with Crippen molar-refractivity contribution in [3.63, 3.8) is 0 Å². The summed E-state index contributed by atoms with van der Waals surface area (Å²) in [4.78, 5) is 3.69. The molecule has 0 fully saturated rings. The highest BCUT2D eigenvalue weighted by molar-refractivity contribution is 5.48. The van der Waals surface area contributed by atoms with Crippen LogP contribution in [0, 0.1) is 13.8 Å². The molecule has 1 aromatic rings. The second kappa shape index (κ2) is 2.70. The Bertz CT molecular complexity index is 296. The predicted molar refractivity (Wildman–Crippen MR) is 46.6 cm³/mol. The van der Waals surface area contributed by atoms with Crippen LogP contribution in [0.15, 0.2) is 17.6 Å². The summed E-state index contributed by atoms with van der Waals surface area (Å²) in [6, 6.07) is 1.97. The second-order valence-corrected chi connectivity index (χ2v) is 2.41. The van der Waals surface area contributed by atoms with Crippen LogP contribution >= 0.6 is 0 Å². The van der Waals surface area contributed by atoms with Crippen molar-refractivity contribution in [2.45, 2.75) is 13.8 Å². The van der Waals surface area contributed by atoms with Crippen molar-refractivity contribution in [1.82, 2.24) is 9.78 Å². The molecule has 1 aromatic heterocycles. The molecule has 58 valence electrons. The second-order valence-electron chi connectivity index (χ2n) is 2.41. The maximum atomic E-state index is 4.16. The van der Waals surface area contributed by atoms with E-state index in [1.54, 1.807) is 4.68 Å². The SMILES string of the molecule is C=NC(=C)n1nc(C)cc1C. The van der Waals surface area contributed by atoms with Gasteiger partial charge in [0.2, 0.25) is 0 Å². The van der Waals surface area contributed by atoms with E-state index in [2.05, 4.69) is 23.4 Å². The normalized spacial score (nSPS) is 9.64. The lowest BCUT2D eigenvalue weighted by molar-refractivity contribution is 0.844. The first-order valence-electron chi connectivity index (χ1n) is 3.34. The van der Waals surface area contributed by atoms with Crippen LogP contribution in [0.3, 0.4) is 0 Å². The lowest BCUT2D eigenvalue weighted by Crippen LogP contribution is -1.97. The molecule has 0 aliphatic heterocycles. The Morgan fingerprint density at radius 3 is 2.64 bits per heavy atom. The Morgan fingerprint density at radius 1 is 1.64 bits per heavy atom. The molecule has 0 atom stereocenters. The molecule has 0 spiro atoms. The molecule has 1 heterocycles. The Hall–Kier alpha value is -1.38. The van der Waals surface area contributed by atoms with E-state index in [-0.39, 0.29) is 0 Å². The van der Waals surface area contributed by atoms with Crippen molar-refractivity contribution in [3.05, 3.63) is 24.0 Å². The molecule has 0 bridgehead atoms. The van der Waals surface area contributed by atoms with Crippen LogP contribution in [-0.2, 0) is 0 Å². The molecule has 0 saturated carbocycles. The summed E-state index contributed by atoms with van der Waals surface area (Å²) < 4.78 is 1.67. The van der Waals surface area contributed by atoms with Gasteiger partial charge < -0.3 is 0 Å². The number of hydrogen-bond donors (Lipinski definition) is 0. The third kappa shape index (κ3) is 1.37. The topological polar surface area (TPSA) is 30.2 Å². The molecule has 0 aliphatic carbocycles. The Labute approximate surface area is 66.1 Å². The minimum atomic E-state index is 0.565. The minimum Gasteiger partial charge on any atom is -0.246 e. The molecule has 3 heteroatoms. The van der Waals surface area contributed by atoms with E-state index in [4.69, 9.17) is 0 Å². The maximum Gasteiger partial charge on any atom is 0.145 e. The molecular weight excluding hydrogens is 138 g/mol. The van der Waals surface area contributed by atoms with Crippen LogP contribution in [0.2, 0.25) is 0 Å². The smallest absolute Gasteiger partial charge is 0.145 e. The molecule has 0 aromatic carbocycles. The lowest BCUT2D eigenvalue weighted by atomic mass is 10.4. The molecule has 0 N–H and O–H groups in total. The Balaban J connectivity index is 3.12. The molecular formula is C8H11N3. The quantitative estimate of drug-likeness (QED) is 0.588. The first-order valence-corrected chi connectivity index (χ1v) is 3.34. The molecule has 0 radical (unpaired) electrons. The minimum absolute atomic E-state index is 0.565. The van der Waals surface area contributed by atoms with Crippen LogP contribution in [0.1, 0.15) is 11.4 Å². The van der Waals surface area contributed by atoms with Crippen LogP contribution in [-0.4, -0.2) is 16.5 Å². The highest BCUT2D eigenvalue weighted by Crippen LogP contribution is 2.07. The Kier molecular flexibility index (Phi) is 1.89. The summed E-state index contributed by atoms with van der Waals surface area (Å²) in [5, 5.41) is 4.16. The highest BCUT2D eigenvalue weighted by Gasteiger charge is 2.00. The van der Waals surface area contributed by atoms with Gasteiger partial charge in [0.15, 0.2) is 0 Å². The fourth-order valence-corrected chi connectivity index (χ4v) is 0.957. The summed E-state index contributed by atoms with van der Waals surface area (Å²) in [7, 11) is 0. The van der Waals surface area contributed by atoms with Gasteiger partial charge in [-0.2, -0.15) is 5.10 Å². The van der Waals surface area contributed by atoms with Gasteiger partial charge in [-0.05, 0) is 26.6 Å². The van der Waals surface area contributed by atoms with Gasteiger partial charge in [-0.15, -0.1) is 0 Å². The van der Waals surface area contributed by atoms with E-state index < -0.39 is 0 Å². The molecule has 1 rings (SSSR count). The molecule has 0 amide bonds. The monoisotopic (exact) mass is 149 g/mol. The molecule has 11 heavy (non-hydrogen) atoms. The van der Waals surface area contributed by atoms with E-state index in [1.165, 1.54) is 0 Å². The van der Waals surface area contributed by atoms with Gasteiger partial charge in [0.25, 0.3) is 0 Å². The van der Waals surface area contributed by atoms with Gasteiger partial charge in [-0.1, -0.05) is 6.58 Å². The molecule has 0 saturated heterocycles. The van der Waals surface area contributed by atoms with Gasteiger partial charge in [-0.3, -0.25) is 0 Å². The van der Waals surface area contributed by atoms with Crippen LogP contribution in [0.4, 0.5) is 0 Å². The maximum absolute atomic E-state index is 4.16. The summed E-state index contributed by atoms with van der Waals surface area (Å²) in [6.07, 6.45) is 0. The number of rotatable bonds is 2. The number of aryl methyl sites for hydroxylation is 2. The zero-order chi connectivity index (χ0) is 8.43. The van der Waals surface area contributed by atoms with Crippen molar-refractivity contribution in [3.8, 4) is 0 Å². The van der Waals surface area contributed by atoms with Gasteiger partial charge in [-0.25, -0.2) is 9.67 Å². The largest absolute Gasteiger partial charge is 0.246 e. The number of hydrogen-bond acceptors (Lipinski definition) is 2. The summed E-state index contributed by atoms with van der Waals surface area (Å²) in [5.74, 6) is 0.565. The molecule has 3 nitrogen and oxygen atoms in total. The van der Waals surface area contributed by atoms with Gasteiger partial charge in [0.1, 0.15) is 5.82 Å². The first-order chi connectivity index (χ1) is 5.15. The van der Waals surface area contributed by atoms with E-state index in [0.717, 1.165) is 11.4 Å². The van der Waals surface area contributed by atoms with Crippen LogP contribution in [0.25, 0.3) is 5.82 Å². The standard InChI is InChI=1S/C8H11N3/c1-6-5-7(2)11(10-6)8(3)9-4/h5H,3-4H2,1-2H3. The van der Waals surface area contributed by atoms with Gasteiger partial charge in [0.05, 0.1) is 5.69 Å². The van der Waals surface area contributed by atoms with E-state index in [1.807, 2.05) is 19.9 Å². The Morgan fingerprint density at radius 2 is 2.27 bits per heavy atom. The predicted octanol–water partition coefficient (Wildman–Crippen LogP) is 1.63. The number of aromatic nitrogens is 2. The first kappa shape index (κ1) is 7.72. The third-order valence-electron chi connectivity index (χ3n) is 1.44. The van der Waals surface area contributed by atoms with E-state index >= 15 is 0 Å². The van der Waals surface area contributed by atoms with Crippen molar-refractivity contribution < 1.29 is 0 Å². The highest BCUT2D eigenvalue weighted by atomic mass is 15.3. The third-order valence-corrected chi connectivity index (χ3v) is 1.44. The fourth-order valence-electron chi connectivity index (χ4n) is 0.957. The van der Waals surface area contributed by atoms with E-state index in [0.29, 0.717) is 5.82 Å². The average Bonchev–Trinajstić information content (AvgIpc) is 2.28. The van der Waals surface area contributed by atoms with Crippen molar-refractivity contribution in [2.24, 2.45) is 4.99 Å². The van der Waals surface area contributed by atoms with Crippen LogP contribution < -0.4 is 0 Å². The lowest BCUT2D eigenvalue weighted by Gasteiger charge is -1.99. The molecule has 0 aliphatic rings. The molecule has 0 unspecified atom stereocenters. The van der Waals surface area contributed by atoms with Crippen molar-refractivity contribution >= 4 is 12.5 Å². The van der Waals surface area contributed by atoms with E-state index in [9.17, 15) is 0 Å². The van der Waals surface area contributed by atoms with Gasteiger partial charge in [0, 0.05) is 5.69 Å². The zero-order valence-corrected chi connectivity index (χ0v) is 6.83. The zero-order valence-electron chi connectivity index (χ0n) is 6.83. The van der Waals surface area contributed by atoms with Crippen molar-refractivity contribution in [2.75, 3.05) is 0 Å². The van der Waals surface area contributed by atoms with Crippen molar-refractivity contribution in [1.29, 1.82) is 0 Å². The summed E-state index contributed by atoms with van der Waals surface area (Å²) in [6.45, 7) is 11.0. The van der Waals surface area contributed by atoms with Gasteiger partial charge >= 0.3 is 0 Å².